The highest BCUT2D eigenvalue weighted by Crippen LogP contribution is 2.62. The minimum atomic E-state index is -4.34. The van der Waals surface area contributed by atoms with Crippen LogP contribution in [0, 0.1) is 5.41 Å². The largest absolute Gasteiger partial charge is 0.433 e. The van der Waals surface area contributed by atoms with Crippen molar-refractivity contribution in [2.24, 2.45) is 5.41 Å². The maximum absolute atomic E-state index is 12.4. The molecular weight excluding hydrogens is 229 g/mol. The summed E-state index contributed by atoms with van der Waals surface area (Å²) in [7, 11) is 0. The van der Waals surface area contributed by atoms with Crippen molar-refractivity contribution in [1.82, 2.24) is 10.3 Å². The lowest BCUT2D eigenvalue weighted by Gasteiger charge is -2.09. The Morgan fingerprint density at radius 1 is 1.35 bits per heavy atom. The molecule has 1 aromatic rings. The normalized spacial score (nSPS) is 32.1. The van der Waals surface area contributed by atoms with E-state index in [2.05, 4.69) is 10.3 Å². The van der Waals surface area contributed by atoms with E-state index in [9.17, 15) is 13.2 Å². The van der Waals surface area contributed by atoms with Crippen molar-refractivity contribution in [2.75, 3.05) is 13.1 Å². The van der Waals surface area contributed by atoms with Crippen molar-refractivity contribution in [3.8, 4) is 0 Å². The number of aromatic nitrogens is 1. The summed E-state index contributed by atoms with van der Waals surface area (Å²) in [6.45, 7) is 2.00. The number of rotatable bonds is 1. The lowest BCUT2D eigenvalue weighted by atomic mass is 9.99. The molecule has 1 aliphatic carbocycles. The van der Waals surface area contributed by atoms with Crippen LogP contribution in [0.4, 0.5) is 13.2 Å². The van der Waals surface area contributed by atoms with Crippen LogP contribution < -0.4 is 5.32 Å². The highest BCUT2D eigenvalue weighted by atomic mass is 19.4. The standard InChI is InChI=1S/C12H13F3N2/c13-12(14,15)10-2-1-8(6-17-10)9-5-11(9)3-4-16-7-11/h1-2,6,9,16H,3-5,7H2. The van der Waals surface area contributed by atoms with Crippen molar-refractivity contribution < 1.29 is 13.2 Å². The van der Waals surface area contributed by atoms with Gasteiger partial charge >= 0.3 is 6.18 Å². The number of hydrogen-bond acceptors (Lipinski definition) is 2. The van der Waals surface area contributed by atoms with E-state index in [1.807, 2.05) is 0 Å². The Balaban J connectivity index is 1.78. The average Bonchev–Trinajstić information content (AvgIpc) is 2.76. The molecule has 1 N–H and O–H groups in total. The Hall–Kier alpha value is -1.10. The molecule has 2 fully saturated rings. The minimum absolute atomic E-state index is 0.307. The molecule has 0 radical (unpaired) electrons. The zero-order valence-corrected chi connectivity index (χ0v) is 9.22. The van der Waals surface area contributed by atoms with E-state index in [0.717, 1.165) is 37.6 Å². The van der Waals surface area contributed by atoms with Crippen LogP contribution in [-0.2, 0) is 6.18 Å². The topological polar surface area (TPSA) is 24.9 Å². The summed E-state index contributed by atoms with van der Waals surface area (Å²) >= 11 is 0. The molecule has 5 heteroatoms. The fraction of sp³-hybridized carbons (Fsp3) is 0.583. The van der Waals surface area contributed by atoms with Gasteiger partial charge in [-0.25, -0.2) is 0 Å². The predicted octanol–water partition coefficient (Wildman–Crippen LogP) is 2.57. The van der Waals surface area contributed by atoms with Gasteiger partial charge < -0.3 is 5.32 Å². The van der Waals surface area contributed by atoms with Gasteiger partial charge in [-0.2, -0.15) is 13.2 Å². The van der Waals surface area contributed by atoms with Crippen molar-refractivity contribution in [3.63, 3.8) is 0 Å². The Kier molecular flexibility index (Phi) is 2.23. The second-order valence-corrected chi connectivity index (χ2v) is 5.02. The zero-order chi connectivity index (χ0) is 12.1. The van der Waals surface area contributed by atoms with Crippen molar-refractivity contribution in [2.45, 2.75) is 24.9 Å². The van der Waals surface area contributed by atoms with Crippen LogP contribution in [0.15, 0.2) is 18.3 Å². The molecule has 1 spiro atoms. The number of nitrogens with one attached hydrogen (secondary N) is 1. The molecule has 2 atom stereocenters. The van der Waals surface area contributed by atoms with Gasteiger partial charge in [0.25, 0.3) is 0 Å². The SMILES string of the molecule is FC(F)(F)c1ccc(C2CC23CCNC3)cn1. The predicted molar refractivity (Wildman–Crippen MR) is 56.5 cm³/mol. The Bertz CT molecular complexity index is 418. The number of pyridine rings is 1. The number of halogens is 3. The molecule has 2 aliphatic rings. The second-order valence-electron chi connectivity index (χ2n) is 5.02. The summed E-state index contributed by atoms with van der Waals surface area (Å²) < 4.78 is 37.1. The second kappa shape index (κ2) is 3.45. The van der Waals surface area contributed by atoms with Gasteiger partial charge in [0.15, 0.2) is 0 Å². The lowest BCUT2D eigenvalue weighted by Crippen LogP contribution is -2.11. The van der Waals surface area contributed by atoms with Gasteiger partial charge in [0.2, 0.25) is 0 Å². The molecule has 92 valence electrons. The molecule has 17 heavy (non-hydrogen) atoms. The molecule has 1 aliphatic heterocycles. The zero-order valence-electron chi connectivity index (χ0n) is 9.22. The van der Waals surface area contributed by atoms with Gasteiger partial charge in [-0.1, -0.05) is 6.07 Å². The Morgan fingerprint density at radius 2 is 2.18 bits per heavy atom. The van der Waals surface area contributed by atoms with E-state index in [1.165, 1.54) is 6.20 Å². The monoisotopic (exact) mass is 242 g/mol. The highest BCUT2D eigenvalue weighted by molar-refractivity contribution is 5.30. The first-order chi connectivity index (χ1) is 8.01. The van der Waals surface area contributed by atoms with Crippen molar-refractivity contribution >= 4 is 0 Å². The summed E-state index contributed by atoms with van der Waals surface area (Å²) in [5.41, 5.74) is 0.448. The molecule has 0 amide bonds. The van der Waals surface area contributed by atoms with Gasteiger partial charge in [-0.15, -0.1) is 0 Å². The summed E-state index contributed by atoms with van der Waals surface area (Å²) in [6, 6.07) is 2.66. The van der Waals surface area contributed by atoms with E-state index in [4.69, 9.17) is 0 Å². The molecule has 2 nitrogen and oxygen atoms in total. The van der Waals surface area contributed by atoms with E-state index in [1.54, 1.807) is 6.07 Å². The molecule has 1 saturated carbocycles. The maximum Gasteiger partial charge on any atom is 0.433 e. The van der Waals surface area contributed by atoms with Crippen molar-refractivity contribution in [3.05, 3.63) is 29.6 Å². The first-order valence-corrected chi connectivity index (χ1v) is 5.75. The van der Waals surface area contributed by atoms with Crippen LogP contribution >= 0.6 is 0 Å². The summed E-state index contributed by atoms with van der Waals surface area (Å²) in [6.07, 6.45) is -0.749. The maximum atomic E-state index is 12.4. The number of alkyl halides is 3. The smallest absolute Gasteiger partial charge is 0.316 e. The molecule has 3 rings (SSSR count). The Morgan fingerprint density at radius 3 is 2.71 bits per heavy atom. The summed E-state index contributed by atoms with van der Waals surface area (Å²) in [5.74, 6) is 0.396. The van der Waals surface area contributed by atoms with Gasteiger partial charge in [-0.05, 0) is 42.3 Å². The summed E-state index contributed by atoms with van der Waals surface area (Å²) in [4.78, 5) is 3.52. The number of nitrogens with zero attached hydrogens (tertiary/aromatic N) is 1. The fourth-order valence-electron chi connectivity index (χ4n) is 2.83. The van der Waals surface area contributed by atoms with Crippen LogP contribution in [0.2, 0.25) is 0 Å². The van der Waals surface area contributed by atoms with Crippen LogP contribution in [0.1, 0.15) is 30.0 Å². The Labute approximate surface area is 97.2 Å². The van der Waals surface area contributed by atoms with Crippen LogP contribution in [0.3, 0.4) is 0 Å². The number of hydrogen-bond donors (Lipinski definition) is 1. The molecule has 2 heterocycles. The molecule has 2 unspecified atom stereocenters. The van der Waals surface area contributed by atoms with Crippen molar-refractivity contribution in [1.29, 1.82) is 0 Å². The highest BCUT2D eigenvalue weighted by Gasteiger charge is 2.55. The van der Waals surface area contributed by atoms with Crippen LogP contribution in [-0.4, -0.2) is 18.1 Å². The molecule has 1 saturated heterocycles. The van der Waals surface area contributed by atoms with Crippen LogP contribution in [0.5, 0.6) is 0 Å². The van der Waals surface area contributed by atoms with E-state index < -0.39 is 11.9 Å². The van der Waals surface area contributed by atoms with E-state index in [-0.39, 0.29) is 0 Å². The third-order valence-corrected chi connectivity index (χ3v) is 3.95. The molecule has 1 aromatic heterocycles. The minimum Gasteiger partial charge on any atom is -0.316 e. The van der Waals surface area contributed by atoms with Gasteiger partial charge in [0.05, 0.1) is 0 Å². The quantitative estimate of drug-likeness (QED) is 0.818. The summed E-state index contributed by atoms with van der Waals surface area (Å²) in [5, 5.41) is 3.31. The molecule has 0 bridgehead atoms. The van der Waals surface area contributed by atoms with Gasteiger partial charge in [0.1, 0.15) is 5.69 Å². The lowest BCUT2D eigenvalue weighted by molar-refractivity contribution is -0.141. The van der Waals surface area contributed by atoms with E-state index in [0.29, 0.717) is 11.3 Å². The van der Waals surface area contributed by atoms with Gasteiger partial charge in [-0.3, -0.25) is 4.98 Å². The third kappa shape index (κ3) is 1.82. The average molecular weight is 242 g/mol. The fourth-order valence-corrected chi connectivity index (χ4v) is 2.83. The van der Waals surface area contributed by atoms with Gasteiger partial charge in [0, 0.05) is 12.7 Å². The van der Waals surface area contributed by atoms with E-state index >= 15 is 0 Å². The molecule has 0 aromatic carbocycles. The van der Waals surface area contributed by atoms with Crippen LogP contribution in [0.25, 0.3) is 0 Å². The first kappa shape index (κ1) is 11.0. The first-order valence-electron chi connectivity index (χ1n) is 5.75. The molecular formula is C12H13F3N2. The third-order valence-electron chi connectivity index (χ3n) is 3.95.